The topological polar surface area (TPSA) is 72.7 Å². The van der Waals surface area contributed by atoms with Gasteiger partial charge in [-0.3, -0.25) is 0 Å². The molecule has 0 saturated heterocycles. The number of hydrogen-bond donors (Lipinski definition) is 4. The molecule has 110 valence electrons. The fourth-order valence-corrected chi connectivity index (χ4v) is 3.69. The van der Waals surface area contributed by atoms with Gasteiger partial charge in [0, 0.05) is 17.6 Å². The SMILES string of the molecule is OCc1c(O)ccc2c1CC[C@H](NC1CCCC1)[C@H]2O. The quantitative estimate of drug-likeness (QED) is 0.679. The van der Waals surface area contributed by atoms with Gasteiger partial charge < -0.3 is 20.6 Å². The molecule has 0 radical (unpaired) electrons. The second-order valence-corrected chi connectivity index (χ2v) is 6.03. The molecule has 0 aromatic heterocycles. The van der Waals surface area contributed by atoms with Crippen molar-refractivity contribution >= 4 is 0 Å². The number of aliphatic hydroxyl groups is 2. The molecule has 1 aromatic carbocycles. The number of hydrogen-bond acceptors (Lipinski definition) is 4. The Hall–Kier alpha value is -1.10. The Morgan fingerprint density at radius 2 is 1.90 bits per heavy atom. The van der Waals surface area contributed by atoms with E-state index in [1.165, 1.54) is 25.7 Å². The van der Waals surface area contributed by atoms with Crippen LogP contribution in [0.2, 0.25) is 0 Å². The van der Waals surface area contributed by atoms with E-state index in [0.717, 1.165) is 24.0 Å². The maximum atomic E-state index is 10.6. The molecule has 0 heterocycles. The highest BCUT2D eigenvalue weighted by Gasteiger charge is 2.31. The van der Waals surface area contributed by atoms with Gasteiger partial charge in [-0.2, -0.15) is 0 Å². The molecule has 20 heavy (non-hydrogen) atoms. The van der Waals surface area contributed by atoms with Crippen molar-refractivity contribution in [3.8, 4) is 5.75 Å². The van der Waals surface area contributed by atoms with Crippen molar-refractivity contribution in [2.24, 2.45) is 0 Å². The summed E-state index contributed by atoms with van der Waals surface area (Å²) in [6.07, 6.45) is 6.05. The minimum absolute atomic E-state index is 0.0849. The van der Waals surface area contributed by atoms with Gasteiger partial charge >= 0.3 is 0 Å². The molecule has 2 atom stereocenters. The summed E-state index contributed by atoms with van der Waals surface area (Å²) >= 11 is 0. The molecule has 2 aliphatic carbocycles. The van der Waals surface area contributed by atoms with Crippen molar-refractivity contribution in [2.75, 3.05) is 0 Å². The molecule has 1 fully saturated rings. The van der Waals surface area contributed by atoms with Crippen LogP contribution in [0.5, 0.6) is 5.75 Å². The Labute approximate surface area is 119 Å². The standard InChI is InChI=1S/C16H23NO3/c18-9-13-11-5-7-14(17-10-3-1-2-4-10)16(20)12(11)6-8-15(13)19/h6,8,10,14,16-20H,1-5,7,9H2/t14-,16-/m0/s1. The van der Waals surface area contributed by atoms with Crippen LogP contribution >= 0.6 is 0 Å². The van der Waals surface area contributed by atoms with Crippen molar-refractivity contribution in [1.29, 1.82) is 0 Å². The molecule has 0 aliphatic heterocycles. The van der Waals surface area contributed by atoms with Crippen LogP contribution in [0.3, 0.4) is 0 Å². The second-order valence-electron chi connectivity index (χ2n) is 6.03. The van der Waals surface area contributed by atoms with Crippen LogP contribution in [0.1, 0.15) is 54.9 Å². The highest BCUT2D eigenvalue weighted by atomic mass is 16.3. The highest BCUT2D eigenvalue weighted by molar-refractivity contribution is 5.46. The number of phenols is 1. The Bertz CT molecular complexity index is 483. The van der Waals surface area contributed by atoms with E-state index in [2.05, 4.69) is 5.32 Å². The third-order valence-electron chi connectivity index (χ3n) is 4.81. The van der Waals surface area contributed by atoms with E-state index in [1.807, 2.05) is 0 Å². The maximum absolute atomic E-state index is 10.6. The third-order valence-corrected chi connectivity index (χ3v) is 4.81. The Morgan fingerprint density at radius 1 is 1.15 bits per heavy atom. The van der Waals surface area contributed by atoms with E-state index < -0.39 is 6.10 Å². The van der Waals surface area contributed by atoms with E-state index >= 15 is 0 Å². The monoisotopic (exact) mass is 277 g/mol. The number of aliphatic hydroxyl groups excluding tert-OH is 2. The first kappa shape index (κ1) is 13.9. The van der Waals surface area contributed by atoms with Crippen LogP contribution in [-0.2, 0) is 13.0 Å². The largest absolute Gasteiger partial charge is 0.508 e. The van der Waals surface area contributed by atoms with Gasteiger partial charge in [0.05, 0.1) is 12.7 Å². The minimum Gasteiger partial charge on any atom is -0.508 e. The van der Waals surface area contributed by atoms with E-state index in [-0.39, 0.29) is 18.4 Å². The zero-order chi connectivity index (χ0) is 14.1. The Balaban J connectivity index is 1.81. The number of rotatable bonds is 3. The molecule has 1 aromatic rings. The summed E-state index contributed by atoms with van der Waals surface area (Å²) in [5, 5.41) is 33.3. The van der Waals surface area contributed by atoms with Gasteiger partial charge in [-0.05, 0) is 42.9 Å². The number of aromatic hydroxyl groups is 1. The lowest BCUT2D eigenvalue weighted by Gasteiger charge is -2.34. The molecular weight excluding hydrogens is 254 g/mol. The predicted molar refractivity (Wildman–Crippen MR) is 76.5 cm³/mol. The van der Waals surface area contributed by atoms with Crippen molar-refractivity contribution < 1.29 is 15.3 Å². The molecule has 2 aliphatic rings. The average molecular weight is 277 g/mol. The number of fused-ring (bicyclic) bond motifs is 1. The Morgan fingerprint density at radius 3 is 2.60 bits per heavy atom. The molecule has 3 rings (SSSR count). The first-order chi connectivity index (χ1) is 9.70. The Kier molecular flexibility index (Phi) is 3.96. The summed E-state index contributed by atoms with van der Waals surface area (Å²) in [7, 11) is 0. The summed E-state index contributed by atoms with van der Waals surface area (Å²) in [5.41, 5.74) is 2.35. The summed E-state index contributed by atoms with van der Waals surface area (Å²) in [5.74, 6) is 0.126. The van der Waals surface area contributed by atoms with Gasteiger partial charge in [-0.15, -0.1) is 0 Å². The van der Waals surface area contributed by atoms with Crippen LogP contribution in [0, 0.1) is 0 Å². The van der Waals surface area contributed by atoms with Gasteiger partial charge in [0.1, 0.15) is 5.75 Å². The first-order valence-electron chi connectivity index (χ1n) is 7.59. The van der Waals surface area contributed by atoms with Gasteiger partial charge in [-0.1, -0.05) is 18.9 Å². The fraction of sp³-hybridized carbons (Fsp3) is 0.625. The number of benzene rings is 1. The molecule has 1 saturated carbocycles. The summed E-state index contributed by atoms with van der Waals surface area (Å²) in [6, 6.07) is 3.98. The van der Waals surface area contributed by atoms with Crippen molar-refractivity contribution in [1.82, 2.24) is 5.32 Å². The third kappa shape index (κ3) is 2.43. The smallest absolute Gasteiger partial charge is 0.121 e. The summed E-state index contributed by atoms with van der Waals surface area (Å²) in [4.78, 5) is 0. The van der Waals surface area contributed by atoms with Crippen LogP contribution in [-0.4, -0.2) is 27.4 Å². The van der Waals surface area contributed by atoms with Crippen LogP contribution in [0.4, 0.5) is 0 Å². The fourth-order valence-electron chi connectivity index (χ4n) is 3.69. The lowest BCUT2D eigenvalue weighted by molar-refractivity contribution is 0.107. The summed E-state index contributed by atoms with van der Waals surface area (Å²) < 4.78 is 0. The first-order valence-corrected chi connectivity index (χ1v) is 7.59. The predicted octanol–water partition coefficient (Wildman–Crippen LogP) is 1.76. The van der Waals surface area contributed by atoms with Crippen LogP contribution < -0.4 is 5.32 Å². The zero-order valence-corrected chi connectivity index (χ0v) is 11.7. The molecule has 4 N–H and O–H groups in total. The van der Waals surface area contributed by atoms with Crippen molar-refractivity contribution in [2.45, 2.75) is 63.3 Å². The average Bonchev–Trinajstić information content (AvgIpc) is 2.95. The maximum Gasteiger partial charge on any atom is 0.121 e. The summed E-state index contributed by atoms with van der Waals surface area (Å²) in [6.45, 7) is -0.178. The van der Waals surface area contributed by atoms with E-state index in [0.29, 0.717) is 11.6 Å². The van der Waals surface area contributed by atoms with E-state index in [4.69, 9.17) is 0 Å². The molecule has 0 bridgehead atoms. The second kappa shape index (κ2) is 5.72. The number of nitrogens with one attached hydrogen (secondary N) is 1. The zero-order valence-electron chi connectivity index (χ0n) is 11.7. The molecule has 4 heteroatoms. The lowest BCUT2D eigenvalue weighted by Crippen LogP contribution is -2.43. The highest BCUT2D eigenvalue weighted by Crippen LogP contribution is 2.36. The molecule has 4 nitrogen and oxygen atoms in total. The minimum atomic E-state index is -0.551. The van der Waals surface area contributed by atoms with Gasteiger partial charge in [0.15, 0.2) is 0 Å². The molecular formula is C16H23NO3. The van der Waals surface area contributed by atoms with E-state index in [9.17, 15) is 15.3 Å². The van der Waals surface area contributed by atoms with Crippen molar-refractivity contribution in [3.05, 3.63) is 28.8 Å². The molecule has 0 amide bonds. The van der Waals surface area contributed by atoms with Crippen LogP contribution in [0.25, 0.3) is 0 Å². The van der Waals surface area contributed by atoms with Crippen molar-refractivity contribution in [3.63, 3.8) is 0 Å². The van der Waals surface area contributed by atoms with Gasteiger partial charge in [-0.25, -0.2) is 0 Å². The lowest BCUT2D eigenvalue weighted by atomic mass is 9.82. The van der Waals surface area contributed by atoms with Crippen LogP contribution in [0.15, 0.2) is 12.1 Å². The van der Waals surface area contributed by atoms with E-state index in [1.54, 1.807) is 12.1 Å². The molecule has 0 spiro atoms. The van der Waals surface area contributed by atoms with Gasteiger partial charge in [0.2, 0.25) is 0 Å². The molecule has 0 unspecified atom stereocenters. The normalized spacial score (nSPS) is 26.7. The van der Waals surface area contributed by atoms with Gasteiger partial charge in [0.25, 0.3) is 0 Å².